The highest BCUT2D eigenvalue weighted by molar-refractivity contribution is 5.08. The molecule has 2 N–H and O–H groups in total. The van der Waals surface area contributed by atoms with E-state index in [1.54, 1.807) is 0 Å². The van der Waals surface area contributed by atoms with Crippen molar-refractivity contribution in [2.45, 2.75) is 52.7 Å². The molecule has 1 aromatic rings. The number of hydrogen-bond acceptors (Lipinski definition) is 3. The van der Waals surface area contributed by atoms with Crippen molar-refractivity contribution in [2.24, 2.45) is 0 Å². The smallest absolute Gasteiger partial charge is 0.0951 e. The van der Waals surface area contributed by atoms with Gasteiger partial charge in [0, 0.05) is 24.3 Å². The maximum atomic E-state index is 9.12. The lowest BCUT2D eigenvalue weighted by Gasteiger charge is -2.21. The highest BCUT2D eigenvalue weighted by atomic mass is 16.3. The van der Waals surface area contributed by atoms with Crippen LogP contribution in [-0.2, 0) is 6.54 Å². The minimum absolute atomic E-state index is 0.194. The second-order valence-electron chi connectivity index (χ2n) is 4.42. The van der Waals surface area contributed by atoms with Crippen LogP contribution in [0.2, 0.25) is 0 Å². The molecule has 0 spiro atoms. The molecule has 2 atom stereocenters. The summed E-state index contributed by atoms with van der Waals surface area (Å²) < 4.78 is 2.15. The molecule has 0 fully saturated rings. The molecule has 1 rings (SSSR count). The van der Waals surface area contributed by atoms with E-state index in [-0.39, 0.29) is 12.6 Å². The van der Waals surface area contributed by atoms with Gasteiger partial charge in [0.25, 0.3) is 0 Å². The first kappa shape index (κ1) is 13.2. The molecular formula is C12H23N3O. The molecule has 16 heavy (non-hydrogen) atoms. The Balaban J connectivity index is 2.51. The summed E-state index contributed by atoms with van der Waals surface area (Å²) in [4.78, 5) is 4.27. The van der Waals surface area contributed by atoms with Gasteiger partial charge in [-0.2, -0.15) is 0 Å². The first-order chi connectivity index (χ1) is 7.58. The number of nitrogens with one attached hydrogen (secondary N) is 1. The van der Waals surface area contributed by atoms with Crippen LogP contribution in [0.3, 0.4) is 0 Å². The van der Waals surface area contributed by atoms with Gasteiger partial charge in [-0.1, -0.05) is 6.92 Å². The van der Waals surface area contributed by atoms with Gasteiger partial charge in [0.1, 0.15) is 0 Å². The van der Waals surface area contributed by atoms with Crippen LogP contribution in [0.15, 0.2) is 6.33 Å². The lowest BCUT2D eigenvalue weighted by Crippen LogP contribution is -2.40. The number of aromatic nitrogens is 2. The van der Waals surface area contributed by atoms with Gasteiger partial charge in [-0.05, 0) is 27.2 Å². The predicted molar refractivity (Wildman–Crippen MR) is 65.5 cm³/mol. The molecule has 0 aromatic carbocycles. The predicted octanol–water partition coefficient (Wildman–Crippen LogP) is 1.25. The van der Waals surface area contributed by atoms with Crippen molar-refractivity contribution in [3.63, 3.8) is 0 Å². The fourth-order valence-electron chi connectivity index (χ4n) is 1.78. The Morgan fingerprint density at radius 2 is 2.19 bits per heavy atom. The van der Waals surface area contributed by atoms with Gasteiger partial charge in [-0.25, -0.2) is 4.98 Å². The maximum absolute atomic E-state index is 9.12. The molecule has 0 aliphatic heterocycles. The maximum Gasteiger partial charge on any atom is 0.0951 e. The van der Waals surface area contributed by atoms with Crippen LogP contribution in [0.25, 0.3) is 0 Å². The summed E-state index contributed by atoms with van der Waals surface area (Å²) in [6, 6.07) is 0.532. The molecule has 1 unspecified atom stereocenters. The third-order valence-corrected chi connectivity index (χ3v) is 3.05. The summed E-state index contributed by atoms with van der Waals surface area (Å²) in [5.74, 6) is 0. The average molecular weight is 225 g/mol. The summed E-state index contributed by atoms with van der Waals surface area (Å²) in [5.41, 5.74) is 2.30. The third-order valence-electron chi connectivity index (χ3n) is 3.05. The number of imidazole rings is 1. The molecule has 0 aliphatic rings. The Bertz CT molecular complexity index is 318. The van der Waals surface area contributed by atoms with Crippen molar-refractivity contribution >= 4 is 0 Å². The monoisotopic (exact) mass is 225 g/mol. The summed E-state index contributed by atoms with van der Waals surface area (Å²) in [6.07, 6.45) is 2.82. The fourth-order valence-corrected chi connectivity index (χ4v) is 1.78. The summed E-state index contributed by atoms with van der Waals surface area (Å²) in [7, 11) is 0. The minimum Gasteiger partial charge on any atom is -0.395 e. The van der Waals surface area contributed by atoms with Crippen molar-refractivity contribution < 1.29 is 5.11 Å². The highest BCUT2D eigenvalue weighted by Gasteiger charge is 2.11. The second-order valence-corrected chi connectivity index (χ2v) is 4.42. The Kier molecular flexibility index (Phi) is 4.96. The van der Waals surface area contributed by atoms with Crippen molar-refractivity contribution in [3.8, 4) is 0 Å². The summed E-state index contributed by atoms with van der Waals surface area (Å²) in [6.45, 7) is 9.40. The van der Waals surface area contributed by atoms with Crippen molar-refractivity contribution in [1.82, 2.24) is 14.9 Å². The molecule has 4 heteroatoms. The molecule has 0 aliphatic carbocycles. The Labute approximate surface area is 97.7 Å². The second kappa shape index (κ2) is 6.01. The van der Waals surface area contributed by atoms with E-state index < -0.39 is 0 Å². The van der Waals surface area contributed by atoms with E-state index in [0.717, 1.165) is 18.7 Å². The zero-order valence-electron chi connectivity index (χ0n) is 10.7. The molecule has 92 valence electrons. The standard InChI is InChI=1S/C12H23N3O/c1-5-12(7-16)14-9(2)6-15-8-13-10(3)11(15)4/h8-9,12,14,16H,5-7H2,1-4H3/t9?,12-/m1/s1. The van der Waals surface area contributed by atoms with E-state index >= 15 is 0 Å². The fraction of sp³-hybridized carbons (Fsp3) is 0.750. The van der Waals surface area contributed by atoms with Crippen LogP contribution in [0.5, 0.6) is 0 Å². The molecular weight excluding hydrogens is 202 g/mol. The van der Waals surface area contributed by atoms with Gasteiger partial charge in [0.2, 0.25) is 0 Å². The highest BCUT2D eigenvalue weighted by Crippen LogP contribution is 2.05. The number of aryl methyl sites for hydroxylation is 1. The van der Waals surface area contributed by atoms with Crippen LogP contribution in [0.4, 0.5) is 0 Å². The van der Waals surface area contributed by atoms with Crippen LogP contribution < -0.4 is 5.32 Å². The van der Waals surface area contributed by atoms with Crippen molar-refractivity contribution in [2.75, 3.05) is 6.61 Å². The van der Waals surface area contributed by atoms with E-state index in [1.165, 1.54) is 5.69 Å². The van der Waals surface area contributed by atoms with E-state index in [1.807, 2.05) is 13.3 Å². The minimum atomic E-state index is 0.194. The number of aliphatic hydroxyl groups is 1. The van der Waals surface area contributed by atoms with E-state index in [0.29, 0.717) is 6.04 Å². The molecule has 1 aromatic heterocycles. The zero-order valence-corrected chi connectivity index (χ0v) is 10.7. The normalized spacial score (nSPS) is 15.1. The van der Waals surface area contributed by atoms with Gasteiger partial charge >= 0.3 is 0 Å². The molecule has 0 amide bonds. The first-order valence-corrected chi connectivity index (χ1v) is 5.93. The lowest BCUT2D eigenvalue weighted by molar-refractivity contribution is 0.225. The van der Waals surface area contributed by atoms with Gasteiger partial charge in [0.15, 0.2) is 0 Å². The SMILES string of the molecule is CC[C@H](CO)NC(C)Cn1cnc(C)c1C. The van der Waals surface area contributed by atoms with Crippen LogP contribution >= 0.6 is 0 Å². The van der Waals surface area contributed by atoms with E-state index in [9.17, 15) is 0 Å². The molecule has 0 saturated heterocycles. The number of nitrogens with zero attached hydrogens (tertiary/aromatic N) is 2. The summed E-state index contributed by atoms with van der Waals surface area (Å²) >= 11 is 0. The quantitative estimate of drug-likeness (QED) is 0.766. The molecule has 4 nitrogen and oxygen atoms in total. The third kappa shape index (κ3) is 3.32. The van der Waals surface area contributed by atoms with Crippen LogP contribution in [0, 0.1) is 13.8 Å². The Morgan fingerprint density at radius 3 is 2.62 bits per heavy atom. The summed E-state index contributed by atoms with van der Waals surface area (Å²) in [5, 5.41) is 12.5. The van der Waals surface area contributed by atoms with Crippen LogP contribution in [-0.4, -0.2) is 33.3 Å². The van der Waals surface area contributed by atoms with Crippen molar-refractivity contribution in [3.05, 3.63) is 17.7 Å². The molecule has 1 heterocycles. The Hall–Kier alpha value is -0.870. The van der Waals surface area contributed by atoms with E-state index in [4.69, 9.17) is 5.11 Å². The van der Waals surface area contributed by atoms with Gasteiger partial charge < -0.3 is 15.0 Å². The van der Waals surface area contributed by atoms with Gasteiger partial charge in [-0.15, -0.1) is 0 Å². The number of rotatable bonds is 6. The van der Waals surface area contributed by atoms with Crippen molar-refractivity contribution in [1.29, 1.82) is 0 Å². The molecule has 0 bridgehead atoms. The van der Waals surface area contributed by atoms with Gasteiger partial charge in [-0.3, -0.25) is 0 Å². The van der Waals surface area contributed by atoms with Gasteiger partial charge in [0.05, 0.1) is 18.6 Å². The van der Waals surface area contributed by atoms with Crippen LogP contribution in [0.1, 0.15) is 31.7 Å². The zero-order chi connectivity index (χ0) is 12.1. The topological polar surface area (TPSA) is 50.1 Å². The largest absolute Gasteiger partial charge is 0.395 e. The number of hydrogen-bond donors (Lipinski definition) is 2. The Morgan fingerprint density at radius 1 is 1.50 bits per heavy atom. The van der Waals surface area contributed by atoms with E-state index in [2.05, 4.69) is 35.6 Å². The average Bonchev–Trinajstić information content (AvgIpc) is 2.58. The molecule has 0 saturated carbocycles. The number of aliphatic hydroxyl groups excluding tert-OH is 1. The first-order valence-electron chi connectivity index (χ1n) is 5.93. The molecule has 0 radical (unpaired) electrons. The lowest BCUT2D eigenvalue weighted by atomic mass is 10.2.